The molecule has 2 heterocycles. The molecule has 1 aliphatic rings. The highest BCUT2D eigenvalue weighted by Crippen LogP contribution is 2.48. The summed E-state index contributed by atoms with van der Waals surface area (Å²) in [6.07, 6.45) is -2.27. The molecule has 0 bridgehead atoms. The van der Waals surface area contributed by atoms with Crippen molar-refractivity contribution in [3.8, 4) is 11.8 Å². The van der Waals surface area contributed by atoms with Crippen LogP contribution in [0.25, 0.3) is 0 Å². The molecule has 3 rings (SSSR count). The van der Waals surface area contributed by atoms with E-state index >= 15 is 0 Å². The third kappa shape index (κ3) is 6.54. The fraction of sp³-hybridized carbons (Fsp3) is 0.478. The highest BCUT2D eigenvalue weighted by atomic mass is 31.2. The van der Waals surface area contributed by atoms with E-state index < -0.39 is 61.5 Å². The quantitative estimate of drug-likeness (QED) is 0.279. The lowest BCUT2D eigenvalue weighted by Crippen LogP contribution is -2.41. The smallest absolute Gasteiger partial charge is 0.459 e. The normalized spacial score (nSPS) is 25.5. The largest absolute Gasteiger partial charge is 0.465 e. The summed E-state index contributed by atoms with van der Waals surface area (Å²) in [6, 6.07) is 10.0. The minimum atomic E-state index is -4.26. The second-order valence-corrected chi connectivity index (χ2v) is 10.3. The van der Waals surface area contributed by atoms with Gasteiger partial charge in [0.1, 0.15) is 29.4 Å². The number of carbonyl (C=O) groups excluding carboxylic acids is 1. The predicted octanol–water partition coefficient (Wildman–Crippen LogP) is 1.46. The number of aromatic nitrogens is 2. The lowest BCUT2D eigenvalue weighted by molar-refractivity contribution is -0.145. The number of esters is 1. The summed E-state index contributed by atoms with van der Waals surface area (Å²) in [6.45, 7) is 4.27. The SMILES string of the molecule is CCCOC(=O)C(C)NP(=O)(OCC1OC(n2ccc(=O)[nH]c2=O)C(C)(C#N)C1O)Oc1ccccc1. The van der Waals surface area contributed by atoms with E-state index in [2.05, 4.69) is 10.1 Å². The molecule has 13 nitrogen and oxygen atoms in total. The molecule has 1 fully saturated rings. The summed E-state index contributed by atoms with van der Waals surface area (Å²) in [5.74, 6) is -0.492. The Kier molecular flexibility index (Phi) is 9.07. The van der Waals surface area contributed by atoms with E-state index in [1.807, 2.05) is 13.0 Å². The van der Waals surface area contributed by atoms with E-state index in [0.29, 0.717) is 6.42 Å². The van der Waals surface area contributed by atoms with E-state index in [4.69, 9.17) is 18.5 Å². The zero-order valence-corrected chi connectivity index (χ0v) is 21.4. The van der Waals surface area contributed by atoms with Crippen molar-refractivity contribution in [3.63, 3.8) is 0 Å². The van der Waals surface area contributed by atoms with Crippen molar-refractivity contribution in [1.82, 2.24) is 14.6 Å². The number of benzene rings is 1. The summed E-state index contributed by atoms with van der Waals surface area (Å²) in [4.78, 5) is 38.1. The molecular weight excluding hydrogens is 507 g/mol. The first-order valence-corrected chi connectivity index (χ1v) is 13.1. The lowest BCUT2D eigenvalue weighted by atomic mass is 9.84. The molecule has 2 aromatic rings. The van der Waals surface area contributed by atoms with E-state index in [9.17, 15) is 29.3 Å². The second-order valence-electron chi connectivity index (χ2n) is 8.60. The molecule has 1 aromatic heterocycles. The Morgan fingerprint density at radius 3 is 2.68 bits per heavy atom. The van der Waals surface area contributed by atoms with Crippen LogP contribution in [0.3, 0.4) is 0 Å². The Morgan fingerprint density at radius 1 is 1.35 bits per heavy atom. The maximum atomic E-state index is 13.6. The number of hydrogen-bond acceptors (Lipinski definition) is 10. The van der Waals surface area contributed by atoms with Crippen molar-refractivity contribution in [2.24, 2.45) is 5.41 Å². The Morgan fingerprint density at radius 2 is 2.05 bits per heavy atom. The molecule has 6 unspecified atom stereocenters. The minimum absolute atomic E-state index is 0.177. The number of para-hydroxylation sites is 1. The fourth-order valence-corrected chi connectivity index (χ4v) is 5.13. The lowest BCUT2D eigenvalue weighted by Gasteiger charge is -2.26. The van der Waals surface area contributed by atoms with Gasteiger partial charge in [-0.15, -0.1) is 0 Å². The van der Waals surface area contributed by atoms with Crippen molar-refractivity contribution >= 4 is 13.7 Å². The molecule has 0 radical (unpaired) electrons. The molecule has 200 valence electrons. The van der Waals surface area contributed by atoms with Gasteiger partial charge in [0.15, 0.2) is 6.23 Å². The highest BCUT2D eigenvalue weighted by Gasteiger charge is 2.55. The van der Waals surface area contributed by atoms with Gasteiger partial charge in [-0.1, -0.05) is 25.1 Å². The van der Waals surface area contributed by atoms with Gasteiger partial charge >= 0.3 is 19.4 Å². The average Bonchev–Trinajstić information content (AvgIpc) is 3.12. The van der Waals surface area contributed by atoms with Crippen LogP contribution in [-0.4, -0.2) is 52.1 Å². The van der Waals surface area contributed by atoms with Crippen molar-refractivity contribution in [3.05, 3.63) is 63.4 Å². The summed E-state index contributed by atoms with van der Waals surface area (Å²) in [5.41, 5.74) is -3.12. The van der Waals surface area contributed by atoms with Crippen molar-refractivity contribution in [2.75, 3.05) is 13.2 Å². The van der Waals surface area contributed by atoms with Gasteiger partial charge in [-0.3, -0.25) is 23.7 Å². The van der Waals surface area contributed by atoms with Crippen LogP contribution in [0.4, 0.5) is 0 Å². The van der Waals surface area contributed by atoms with Gasteiger partial charge in [-0.2, -0.15) is 10.3 Å². The first-order valence-electron chi connectivity index (χ1n) is 11.5. The number of nitriles is 1. The Labute approximate surface area is 212 Å². The number of rotatable bonds is 11. The first kappa shape index (κ1) is 28.3. The van der Waals surface area contributed by atoms with Crippen LogP contribution < -0.4 is 20.9 Å². The number of H-pyrrole nitrogens is 1. The van der Waals surface area contributed by atoms with Crippen molar-refractivity contribution in [1.29, 1.82) is 5.26 Å². The van der Waals surface area contributed by atoms with Crippen LogP contribution in [-0.2, 0) is 23.4 Å². The molecular formula is C23H29N4O9P. The monoisotopic (exact) mass is 536 g/mol. The Hall–Kier alpha value is -3.27. The third-order valence-electron chi connectivity index (χ3n) is 5.66. The van der Waals surface area contributed by atoms with Crippen molar-refractivity contribution < 1.29 is 33.0 Å². The molecule has 1 saturated heterocycles. The number of carbonyl (C=O) groups is 1. The second kappa shape index (κ2) is 11.9. The molecule has 0 amide bonds. The number of aliphatic hydroxyl groups excluding tert-OH is 1. The predicted molar refractivity (Wildman–Crippen MR) is 129 cm³/mol. The minimum Gasteiger partial charge on any atom is -0.465 e. The molecule has 3 N–H and O–H groups in total. The number of hydrogen-bond donors (Lipinski definition) is 3. The first-order chi connectivity index (χ1) is 17.5. The Balaban J connectivity index is 1.82. The van der Waals surface area contributed by atoms with Crippen LogP contribution in [0.5, 0.6) is 5.75 Å². The van der Waals surface area contributed by atoms with Gasteiger partial charge < -0.3 is 19.1 Å². The summed E-state index contributed by atoms with van der Waals surface area (Å²) < 4.78 is 36.6. The van der Waals surface area contributed by atoms with E-state index in [1.54, 1.807) is 18.2 Å². The molecule has 0 aliphatic carbocycles. The maximum Gasteiger partial charge on any atom is 0.459 e. The van der Waals surface area contributed by atoms with Gasteiger partial charge in [0.2, 0.25) is 0 Å². The zero-order chi connectivity index (χ0) is 27.2. The number of nitrogens with zero attached hydrogens (tertiary/aromatic N) is 2. The van der Waals surface area contributed by atoms with Gasteiger partial charge in [-0.05, 0) is 32.4 Å². The zero-order valence-electron chi connectivity index (χ0n) is 20.5. The van der Waals surface area contributed by atoms with E-state index in [-0.39, 0.29) is 12.4 Å². The third-order valence-corrected chi connectivity index (χ3v) is 7.30. The molecule has 0 saturated carbocycles. The summed E-state index contributed by atoms with van der Waals surface area (Å²) in [7, 11) is -4.26. The van der Waals surface area contributed by atoms with Gasteiger partial charge in [-0.25, -0.2) is 9.36 Å². The molecule has 37 heavy (non-hydrogen) atoms. The molecule has 14 heteroatoms. The van der Waals surface area contributed by atoms with Gasteiger partial charge in [0.05, 0.1) is 19.3 Å². The number of aromatic amines is 1. The summed E-state index contributed by atoms with van der Waals surface area (Å²) >= 11 is 0. The van der Waals surface area contributed by atoms with Crippen LogP contribution in [0.1, 0.15) is 33.4 Å². The van der Waals surface area contributed by atoms with Crippen LogP contribution >= 0.6 is 7.75 Å². The molecule has 0 spiro atoms. The molecule has 1 aromatic carbocycles. The number of aliphatic hydroxyl groups is 1. The highest BCUT2D eigenvalue weighted by molar-refractivity contribution is 7.52. The molecule has 6 atom stereocenters. The van der Waals surface area contributed by atoms with Crippen LogP contribution in [0.2, 0.25) is 0 Å². The summed E-state index contributed by atoms with van der Waals surface area (Å²) in [5, 5.41) is 23.2. The van der Waals surface area contributed by atoms with Crippen LogP contribution in [0.15, 0.2) is 52.2 Å². The average molecular weight is 536 g/mol. The fourth-order valence-electron chi connectivity index (χ4n) is 3.63. The standard InChI is InChI=1S/C23H29N4O9P/c1-4-12-33-20(30)15(2)26-37(32,36-16-8-6-5-7-9-16)34-13-17-19(29)23(3,14-24)21(35-17)27-11-10-18(28)25-22(27)31/h5-11,15,17,19,21,29H,4,12-13H2,1-3H3,(H,26,32)(H,25,28,31). The number of ether oxygens (including phenoxy) is 2. The maximum absolute atomic E-state index is 13.6. The molecule has 1 aliphatic heterocycles. The van der Waals surface area contributed by atoms with Gasteiger partial charge in [0, 0.05) is 12.3 Å². The van der Waals surface area contributed by atoms with Gasteiger partial charge in [0.25, 0.3) is 5.56 Å². The number of nitrogens with one attached hydrogen (secondary N) is 2. The van der Waals surface area contributed by atoms with Crippen molar-refractivity contribution in [2.45, 2.75) is 51.7 Å². The topological polar surface area (TPSA) is 182 Å². The Bertz CT molecular complexity index is 1290. The van der Waals surface area contributed by atoms with E-state index in [1.165, 1.54) is 26.0 Å². The van der Waals surface area contributed by atoms with Crippen LogP contribution in [0, 0.1) is 16.7 Å². The van der Waals surface area contributed by atoms with E-state index in [0.717, 1.165) is 16.8 Å².